The molecule has 2 rings (SSSR count). The fourth-order valence-electron chi connectivity index (χ4n) is 2.71. The van der Waals surface area contributed by atoms with E-state index in [1.807, 2.05) is 19.1 Å². The summed E-state index contributed by atoms with van der Waals surface area (Å²) in [4.78, 5) is 2.45. The molecule has 0 N–H and O–H groups in total. The second kappa shape index (κ2) is 5.31. The predicted octanol–water partition coefficient (Wildman–Crippen LogP) is 1.94. The second-order valence-corrected chi connectivity index (χ2v) is 6.19. The molecule has 1 saturated heterocycles. The third-order valence-corrected chi connectivity index (χ3v) is 3.40. The molecule has 0 radical (unpaired) electrons. The molecule has 4 heteroatoms. The summed E-state index contributed by atoms with van der Waals surface area (Å²) in [5.41, 5.74) is 2.92. The van der Waals surface area contributed by atoms with Crippen LogP contribution in [0.2, 0.25) is 0 Å². The third kappa shape index (κ3) is 3.48. The van der Waals surface area contributed by atoms with E-state index in [0.29, 0.717) is 5.41 Å². The zero-order valence-corrected chi connectivity index (χ0v) is 12.1. The molecule has 1 aliphatic heterocycles. The minimum absolute atomic E-state index is 0.303. The van der Waals surface area contributed by atoms with Crippen molar-refractivity contribution in [1.29, 1.82) is 0 Å². The van der Waals surface area contributed by atoms with E-state index in [4.69, 9.17) is 4.74 Å². The van der Waals surface area contributed by atoms with Crippen LogP contribution in [0.1, 0.15) is 26.7 Å². The first-order chi connectivity index (χ1) is 8.46. The standard InChI is InChI=1S/C14H25N3O/c1-14(2)10-12(15-16(3)4)9-13(11-14)17-5-7-18-8-6-17/h9H,5-8,10-11H2,1-4H3. The third-order valence-electron chi connectivity index (χ3n) is 3.40. The maximum Gasteiger partial charge on any atom is 0.0642 e. The number of allylic oxidation sites excluding steroid dienone is 2. The molecule has 0 aromatic rings. The van der Waals surface area contributed by atoms with Crippen LogP contribution in [0.4, 0.5) is 0 Å². The van der Waals surface area contributed by atoms with E-state index in [9.17, 15) is 0 Å². The van der Waals surface area contributed by atoms with Crippen LogP contribution in [-0.2, 0) is 4.74 Å². The average molecular weight is 251 g/mol. The summed E-state index contributed by atoms with van der Waals surface area (Å²) in [6, 6.07) is 0. The number of hydrazone groups is 1. The zero-order chi connectivity index (χ0) is 13.2. The Hall–Kier alpha value is -1.03. The summed E-state index contributed by atoms with van der Waals surface area (Å²) in [5, 5.41) is 6.49. The van der Waals surface area contributed by atoms with Crippen molar-refractivity contribution >= 4 is 5.71 Å². The van der Waals surface area contributed by atoms with Gasteiger partial charge in [-0.3, -0.25) is 0 Å². The number of morpholine rings is 1. The fourth-order valence-corrected chi connectivity index (χ4v) is 2.71. The molecule has 0 bridgehead atoms. The Balaban J connectivity index is 2.18. The van der Waals surface area contributed by atoms with Crippen LogP contribution in [0.5, 0.6) is 0 Å². The van der Waals surface area contributed by atoms with Gasteiger partial charge in [0, 0.05) is 32.9 Å². The quantitative estimate of drug-likeness (QED) is 0.702. The molecule has 1 fully saturated rings. The van der Waals surface area contributed by atoms with Gasteiger partial charge in [0.1, 0.15) is 0 Å². The highest BCUT2D eigenvalue weighted by atomic mass is 16.5. The summed E-state index contributed by atoms with van der Waals surface area (Å²) in [5.74, 6) is 0. The van der Waals surface area contributed by atoms with E-state index in [0.717, 1.165) is 39.1 Å². The van der Waals surface area contributed by atoms with Gasteiger partial charge < -0.3 is 14.6 Å². The Morgan fingerprint density at radius 2 is 1.89 bits per heavy atom. The summed E-state index contributed by atoms with van der Waals surface area (Å²) in [6.07, 6.45) is 4.47. The number of ether oxygens (including phenoxy) is 1. The van der Waals surface area contributed by atoms with Gasteiger partial charge in [-0.2, -0.15) is 5.10 Å². The van der Waals surface area contributed by atoms with E-state index in [2.05, 4.69) is 29.9 Å². The lowest BCUT2D eigenvalue weighted by Gasteiger charge is -2.38. The molecule has 0 saturated carbocycles. The highest BCUT2D eigenvalue weighted by Crippen LogP contribution is 2.35. The van der Waals surface area contributed by atoms with Crippen LogP contribution in [0.25, 0.3) is 0 Å². The molecule has 0 spiro atoms. The molecular formula is C14H25N3O. The fraction of sp³-hybridized carbons (Fsp3) is 0.786. The van der Waals surface area contributed by atoms with Crippen LogP contribution < -0.4 is 0 Å². The number of nitrogens with zero attached hydrogens (tertiary/aromatic N) is 3. The molecule has 0 atom stereocenters. The topological polar surface area (TPSA) is 28.1 Å². The average Bonchev–Trinajstić information content (AvgIpc) is 2.27. The van der Waals surface area contributed by atoms with Gasteiger partial charge in [-0.15, -0.1) is 0 Å². The largest absolute Gasteiger partial charge is 0.378 e. The van der Waals surface area contributed by atoms with Crippen LogP contribution in [0.15, 0.2) is 16.9 Å². The number of hydrogen-bond acceptors (Lipinski definition) is 4. The Kier molecular flexibility index (Phi) is 3.95. The summed E-state index contributed by atoms with van der Waals surface area (Å²) >= 11 is 0. The lowest BCUT2D eigenvalue weighted by atomic mass is 9.78. The smallest absolute Gasteiger partial charge is 0.0642 e. The maximum absolute atomic E-state index is 5.43. The van der Waals surface area contributed by atoms with Gasteiger partial charge in [-0.1, -0.05) is 13.8 Å². The lowest BCUT2D eigenvalue weighted by Crippen LogP contribution is -2.39. The van der Waals surface area contributed by atoms with Gasteiger partial charge in [-0.05, 0) is 24.3 Å². The first kappa shape index (κ1) is 13.4. The van der Waals surface area contributed by atoms with E-state index in [-0.39, 0.29) is 0 Å². The van der Waals surface area contributed by atoms with Crippen LogP contribution in [0.3, 0.4) is 0 Å². The molecule has 102 valence electrons. The van der Waals surface area contributed by atoms with E-state index in [1.54, 1.807) is 0 Å². The van der Waals surface area contributed by atoms with Crippen molar-refractivity contribution in [2.24, 2.45) is 10.5 Å². The van der Waals surface area contributed by atoms with Crippen LogP contribution >= 0.6 is 0 Å². The summed E-state index contributed by atoms with van der Waals surface area (Å²) < 4.78 is 5.43. The molecule has 2 aliphatic rings. The van der Waals surface area contributed by atoms with Crippen molar-refractivity contribution < 1.29 is 4.74 Å². The molecule has 18 heavy (non-hydrogen) atoms. The maximum atomic E-state index is 5.43. The van der Waals surface area contributed by atoms with Gasteiger partial charge >= 0.3 is 0 Å². The molecule has 0 aromatic heterocycles. The molecule has 4 nitrogen and oxygen atoms in total. The monoisotopic (exact) mass is 251 g/mol. The van der Waals surface area contributed by atoms with Gasteiger partial charge in [-0.25, -0.2) is 0 Å². The van der Waals surface area contributed by atoms with Crippen molar-refractivity contribution in [3.63, 3.8) is 0 Å². The number of rotatable bonds is 2. The van der Waals surface area contributed by atoms with Gasteiger partial charge in [0.2, 0.25) is 0 Å². The predicted molar refractivity (Wildman–Crippen MR) is 74.6 cm³/mol. The number of hydrogen-bond donors (Lipinski definition) is 0. The molecule has 1 heterocycles. The molecule has 0 amide bonds. The molecule has 1 aliphatic carbocycles. The lowest BCUT2D eigenvalue weighted by molar-refractivity contribution is 0.0491. The Labute approximate surface area is 110 Å². The highest BCUT2D eigenvalue weighted by Gasteiger charge is 2.29. The first-order valence-electron chi connectivity index (χ1n) is 6.74. The van der Waals surface area contributed by atoms with Crippen molar-refractivity contribution in [2.75, 3.05) is 40.4 Å². The minimum Gasteiger partial charge on any atom is -0.378 e. The molecular weight excluding hydrogens is 226 g/mol. The highest BCUT2D eigenvalue weighted by molar-refractivity contribution is 5.96. The van der Waals surface area contributed by atoms with Crippen molar-refractivity contribution in [3.05, 3.63) is 11.8 Å². The van der Waals surface area contributed by atoms with Gasteiger partial charge in [0.25, 0.3) is 0 Å². The molecule has 0 aromatic carbocycles. The van der Waals surface area contributed by atoms with Gasteiger partial charge in [0.05, 0.1) is 18.9 Å². The Bertz CT molecular complexity index is 352. The SMILES string of the molecule is CN(C)N=C1C=C(N2CCOCC2)CC(C)(C)C1. The van der Waals surface area contributed by atoms with Crippen molar-refractivity contribution in [1.82, 2.24) is 9.91 Å². The normalized spacial score (nSPS) is 26.1. The van der Waals surface area contributed by atoms with Crippen LogP contribution in [-0.4, -0.2) is 56.0 Å². The van der Waals surface area contributed by atoms with Crippen molar-refractivity contribution in [2.45, 2.75) is 26.7 Å². The van der Waals surface area contributed by atoms with Crippen LogP contribution in [0, 0.1) is 5.41 Å². The molecule has 0 unspecified atom stereocenters. The van der Waals surface area contributed by atoms with E-state index in [1.165, 1.54) is 11.4 Å². The zero-order valence-electron chi connectivity index (χ0n) is 12.1. The second-order valence-electron chi connectivity index (χ2n) is 6.19. The van der Waals surface area contributed by atoms with Gasteiger partial charge in [0.15, 0.2) is 0 Å². The summed E-state index contributed by atoms with van der Waals surface area (Å²) in [7, 11) is 3.97. The Morgan fingerprint density at radius 1 is 1.22 bits per heavy atom. The first-order valence-corrected chi connectivity index (χ1v) is 6.74. The minimum atomic E-state index is 0.303. The van der Waals surface area contributed by atoms with Crippen molar-refractivity contribution in [3.8, 4) is 0 Å². The van der Waals surface area contributed by atoms with E-state index < -0.39 is 0 Å². The Morgan fingerprint density at radius 3 is 2.50 bits per heavy atom. The summed E-state index contributed by atoms with van der Waals surface area (Å²) in [6.45, 7) is 8.36. The van der Waals surface area contributed by atoms with E-state index >= 15 is 0 Å².